The third kappa shape index (κ3) is 3.01. The van der Waals surface area contributed by atoms with Gasteiger partial charge in [0.25, 0.3) is 5.91 Å². The summed E-state index contributed by atoms with van der Waals surface area (Å²) in [5.74, 6) is -0.435. The van der Waals surface area contributed by atoms with E-state index in [1.165, 1.54) is 4.90 Å². The van der Waals surface area contributed by atoms with E-state index < -0.39 is 36.7 Å². The molecule has 158 valence electrons. The van der Waals surface area contributed by atoms with Crippen LogP contribution in [0.5, 0.6) is 0 Å². The van der Waals surface area contributed by atoms with Crippen LogP contribution in [0.15, 0.2) is 47.2 Å². The molecule has 0 saturated carbocycles. The molecule has 3 unspecified atom stereocenters. The number of nitrogens with zero attached hydrogens (tertiary/aromatic N) is 5. The van der Waals surface area contributed by atoms with E-state index >= 15 is 0 Å². The van der Waals surface area contributed by atoms with E-state index in [9.17, 15) is 14.4 Å². The summed E-state index contributed by atoms with van der Waals surface area (Å²) in [6.07, 6.45) is 1.24. The molecule has 0 N–H and O–H groups in total. The Hall–Kier alpha value is -3.36. The second-order valence-corrected chi connectivity index (χ2v) is 7.54. The molecule has 1 aromatic carbocycles. The number of aliphatic imine (C=N–C) groups is 1. The van der Waals surface area contributed by atoms with Gasteiger partial charge in [0, 0.05) is 18.9 Å². The molecule has 9 heteroatoms. The number of allylic oxidation sites excluding steroid dienone is 1. The van der Waals surface area contributed by atoms with Gasteiger partial charge in [-0.2, -0.15) is 0 Å². The van der Waals surface area contributed by atoms with Crippen molar-refractivity contribution >= 4 is 23.9 Å². The van der Waals surface area contributed by atoms with E-state index in [0.717, 1.165) is 16.2 Å². The first-order valence-electron chi connectivity index (χ1n) is 9.97. The number of fused-ring (bicyclic) bond motifs is 3. The molecule has 0 aliphatic carbocycles. The third-order valence-electron chi connectivity index (χ3n) is 5.69. The number of ether oxygens (including phenoxy) is 1. The Labute approximate surface area is 175 Å². The summed E-state index contributed by atoms with van der Waals surface area (Å²) in [5, 5.41) is 0. The molecule has 1 fully saturated rings. The van der Waals surface area contributed by atoms with E-state index in [4.69, 9.17) is 9.73 Å². The molecule has 4 rings (SSSR count). The van der Waals surface area contributed by atoms with Crippen molar-refractivity contribution in [2.75, 3.05) is 20.2 Å². The van der Waals surface area contributed by atoms with Gasteiger partial charge in [0.1, 0.15) is 6.54 Å². The van der Waals surface area contributed by atoms with Crippen LogP contribution in [-0.2, 0) is 14.3 Å². The molecule has 30 heavy (non-hydrogen) atoms. The summed E-state index contributed by atoms with van der Waals surface area (Å²) in [7, 11) is 1.60. The quantitative estimate of drug-likeness (QED) is 0.687. The molecule has 3 amide bonds. The number of carbonyl (C=O) groups excluding carboxylic acids is 3. The zero-order valence-corrected chi connectivity index (χ0v) is 17.5. The van der Waals surface area contributed by atoms with E-state index in [0.29, 0.717) is 5.96 Å². The van der Waals surface area contributed by atoms with Gasteiger partial charge in [0.2, 0.25) is 5.96 Å². The lowest BCUT2D eigenvalue weighted by molar-refractivity contribution is -0.150. The van der Waals surface area contributed by atoms with E-state index in [-0.39, 0.29) is 12.6 Å². The number of amides is 3. The molecular formula is C21H25N5O4. The van der Waals surface area contributed by atoms with Crippen LogP contribution in [0.3, 0.4) is 0 Å². The van der Waals surface area contributed by atoms with Gasteiger partial charge in [-0.1, -0.05) is 30.3 Å². The normalized spacial score (nSPS) is 23.9. The molecule has 3 heterocycles. The number of hydrogen-bond donors (Lipinski definition) is 0. The molecule has 0 spiro atoms. The highest BCUT2D eigenvalue weighted by atomic mass is 16.5. The van der Waals surface area contributed by atoms with Crippen LogP contribution < -0.4 is 0 Å². The van der Waals surface area contributed by atoms with Crippen molar-refractivity contribution in [3.05, 3.63) is 47.8 Å². The number of hydrogen-bond acceptors (Lipinski definition) is 7. The Morgan fingerprint density at radius 1 is 1.23 bits per heavy atom. The Balaban J connectivity index is 1.63. The zero-order valence-electron chi connectivity index (χ0n) is 17.5. The monoisotopic (exact) mass is 411 g/mol. The molecule has 1 saturated heterocycles. The highest BCUT2D eigenvalue weighted by molar-refractivity contribution is 6.06. The van der Waals surface area contributed by atoms with Crippen molar-refractivity contribution < 1.29 is 19.1 Å². The predicted molar refractivity (Wildman–Crippen MR) is 109 cm³/mol. The SMILES string of the molecule is CCOC(=O)CN1C(=O)C2C(N=C3N2C=C(C)N3C(C)c2ccccc2)N(C)C1=O. The van der Waals surface area contributed by atoms with Gasteiger partial charge in [0.05, 0.1) is 12.6 Å². The number of esters is 1. The van der Waals surface area contributed by atoms with Crippen LogP contribution in [0, 0.1) is 0 Å². The molecule has 3 aliphatic rings. The lowest BCUT2D eigenvalue weighted by Gasteiger charge is -2.39. The number of likely N-dealkylation sites (N-methyl/N-ethyl adjacent to an activating group) is 1. The van der Waals surface area contributed by atoms with Crippen LogP contribution in [0.25, 0.3) is 0 Å². The van der Waals surface area contributed by atoms with E-state index in [1.54, 1.807) is 14.0 Å². The van der Waals surface area contributed by atoms with Crippen molar-refractivity contribution in [3.8, 4) is 0 Å². The number of imide groups is 1. The van der Waals surface area contributed by atoms with Gasteiger partial charge in [-0.3, -0.25) is 14.5 Å². The van der Waals surface area contributed by atoms with Crippen LogP contribution >= 0.6 is 0 Å². The minimum Gasteiger partial charge on any atom is -0.465 e. The van der Waals surface area contributed by atoms with Crippen molar-refractivity contribution in [1.29, 1.82) is 0 Å². The van der Waals surface area contributed by atoms with Gasteiger partial charge >= 0.3 is 12.0 Å². The molecule has 3 aliphatic heterocycles. The number of benzene rings is 1. The Morgan fingerprint density at radius 3 is 2.60 bits per heavy atom. The first-order valence-corrected chi connectivity index (χ1v) is 9.97. The fourth-order valence-corrected chi connectivity index (χ4v) is 4.21. The van der Waals surface area contributed by atoms with Crippen molar-refractivity contribution in [2.45, 2.75) is 39.0 Å². The minimum atomic E-state index is -0.708. The summed E-state index contributed by atoms with van der Waals surface area (Å²) < 4.78 is 4.92. The predicted octanol–water partition coefficient (Wildman–Crippen LogP) is 1.75. The first kappa shape index (κ1) is 19.9. The highest BCUT2D eigenvalue weighted by Gasteiger charge is 2.55. The smallest absolute Gasteiger partial charge is 0.328 e. The molecule has 0 bridgehead atoms. The maximum absolute atomic E-state index is 13.2. The van der Waals surface area contributed by atoms with Gasteiger partial charge in [-0.25, -0.2) is 9.79 Å². The molecule has 1 aromatic rings. The molecule has 3 atom stereocenters. The topological polar surface area (TPSA) is 85.8 Å². The maximum Gasteiger partial charge on any atom is 0.328 e. The Bertz CT molecular complexity index is 944. The summed E-state index contributed by atoms with van der Waals surface area (Å²) >= 11 is 0. The molecular weight excluding hydrogens is 386 g/mol. The van der Waals surface area contributed by atoms with Crippen LogP contribution in [-0.4, -0.2) is 75.9 Å². The average molecular weight is 411 g/mol. The lowest BCUT2D eigenvalue weighted by atomic mass is 10.1. The van der Waals surface area contributed by atoms with Gasteiger partial charge in [-0.15, -0.1) is 0 Å². The summed E-state index contributed by atoms with van der Waals surface area (Å²) in [5.41, 5.74) is 2.07. The van der Waals surface area contributed by atoms with Crippen LogP contribution in [0.1, 0.15) is 32.4 Å². The first-order chi connectivity index (χ1) is 14.3. The van der Waals surface area contributed by atoms with Gasteiger partial charge < -0.3 is 19.4 Å². The number of rotatable bonds is 5. The standard InChI is InChI=1S/C21H25N5O4/c1-5-30-16(27)12-25-19(28)17-18(23(4)21(25)29)22-20-24(17)11-13(2)26(20)14(3)15-9-7-6-8-10-15/h6-11,14,17-18H,5,12H2,1-4H3. The molecule has 9 nitrogen and oxygen atoms in total. The summed E-state index contributed by atoms with van der Waals surface area (Å²) in [6, 6.07) is 8.77. The second kappa shape index (κ2) is 7.47. The van der Waals surface area contributed by atoms with Gasteiger partial charge in [-0.05, 0) is 26.3 Å². The molecule has 0 radical (unpaired) electrons. The Kier molecular flexibility index (Phi) is 4.97. The van der Waals surface area contributed by atoms with E-state index in [1.807, 2.05) is 48.4 Å². The minimum absolute atomic E-state index is 0.00176. The molecule has 0 aromatic heterocycles. The second-order valence-electron chi connectivity index (χ2n) is 7.54. The number of guanidine groups is 1. The Morgan fingerprint density at radius 2 is 1.93 bits per heavy atom. The third-order valence-corrected chi connectivity index (χ3v) is 5.69. The van der Waals surface area contributed by atoms with Crippen molar-refractivity contribution in [1.82, 2.24) is 19.6 Å². The maximum atomic E-state index is 13.2. The summed E-state index contributed by atoms with van der Waals surface area (Å²) in [6.45, 7) is 5.50. The number of urea groups is 1. The summed E-state index contributed by atoms with van der Waals surface area (Å²) in [4.78, 5) is 48.9. The van der Waals surface area contributed by atoms with Crippen LogP contribution in [0.4, 0.5) is 4.79 Å². The van der Waals surface area contributed by atoms with Crippen molar-refractivity contribution in [2.24, 2.45) is 4.99 Å². The van der Waals surface area contributed by atoms with Crippen LogP contribution in [0.2, 0.25) is 0 Å². The average Bonchev–Trinajstić information content (AvgIpc) is 3.24. The lowest BCUT2D eigenvalue weighted by Crippen LogP contribution is -2.65. The van der Waals surface area contributed by atoms with Crippen molar-refractivity contribution in [3.63, 3.8) is 0 Å². The zero-order chi connectivity index (χ0) is 21.6. The number of carbonyl (C=O) groups is 3. The largest absolute Gasteiger partial charge is 0.465 e. The fraction of sp³-hybridized carbons (Fsp3) is 0.429. The highest BCUT2D eigenvalue weighted by Crippen LogP contribution is 2.38. The van der Waals surface area contributed by atoms with E-state index in [2.05, 4.69) is 11.8 Å². The van der Waals surface area contributed by atoms with Gasteiger partial charge in [0.15, 0.2) is 12.2 Å². The fourth-order valence-electron chi connectivity index (χ4n) is 4.21.